The molecule has 2 aliphatic rings. The van der Waals surface area contributed by atoms with Crippen molar-refractivity contribution in [3.63, 3.8) is 0 Å². The molecule has 1 heterocycles. The minimum absolute atomic E-state index is 0.385. The Kier molecular flexibility index (Phi) is 3.65. The van der Waals surface area contributed by atoms with Gasteiger partial charge in [0.25, 0.3) is 0 Å². The van der Waals surface area contributed by atoms with E-state index < -0.39 is 0 Å². The quantitative estimate of drug-likeness (QED) is 0.716. The molecule has 0 radical (unpaired) electrons. The molecule has 3 heteroatoms. The highest BCUT2D eigenvalue weighted by Gasteiger charge is 2.33. The maximum atomic E-state index is 10.5. The second-order valence-electron chi connectivity index (χ2n) is 5.31. The lowest BCUT2D eigenvalue weighted by molar-refractivity contribution is -0.0377. The molecule has 1 aliphatic heterocycles. The number of β-amino-alcohol motifs (C(OH)–C–C–N with tert-alkyl or cyclic N) is 1. The predicted molar refractivity (Wildman–Crippen MR) is 61.9 cm³/mol. The lowest BCUT2D eigenvalue weighted by Gasteiger charge is -2.41. The first kappa shape index (κ1) is 11.4. The van der Waals surface area contributed by atoms with Gasteiger partial charge in [-0.3, -0.25) is 4.90 Å². The third kappa shape index (κ3) is 2.92. The lowest BCUT2D eigenvalue weighted by Crippen LogP contribution is -2.55. The second kappa shape index (κ2) is 4.81. The first-order valence-corrected chi connectivity index (χ1v) is 6.37. The average Bonchev–Trinajstić information content (AvgIpc) is 2.22. The van der Waals surface area contributed by atoms with Crippen LogP contribution in [0.15, 0.2) is 0 Å². The molecular weight excluding hydrogens is 188 g/mol. The number of nitrogens with one attached hydrogen (secondary N) is 1. The molecule has 88 valence electrons. The van der Waals surface area contributed by atoms with E-state index >= 15 is 0 Å². The van der Waals surface area contributed by atoms with Crippen LogP contribution in [0.5, 0.6) is 0 Å². The molecule has 0 amide bonds. The SMILES string of the molecule is C[C@H]1CNCCN1CC1(O)CCCCC1. The van der Waals surface area contributed by atoms with Crippen molar-refractivity contribution in [1.82, 2.24) is 10.2 Å². The third-order valence-electron chi connectivity index (χ3n) is 3.92. The molecule has 2 N–H and O–H groups in total. The summed E-state index contributed by atoms with van der Waals surface area (Å²) in [5.74, 6) is 0. The van der Waals surface area contributed by atoms with E-state index in [4.69, 9.17) is 0 Å². The van der Waals surface area contributed by atoms with Crippen LogP contribution < -0.4 is 5.32 Å². The number of nitrogens with zero attached hydrogens (tertiary/aromatic N) is 1. The molecule has 2 fully saturated rings. The van der Waals surface area contributed by atoms with E-state index in [-0.39, 0.29) is 5.60 Å². The van der Waals surface area contributed by atoms with Gasteiger partial charge in [0.1, 0.15) is 0 Å². The fourth-order valence-electron chi connectivity index (χ4n) is 2.86. The molecule has 1 saturated heterocycles. The number of hydrogen-bond acceptors (Lipinski definition) is 3. The standard InChI is InChI=1S/C12H24N2O/c1-11-9-13-7-8-14(11)10-12(15)5-3-2-4-6-12/h11,13,15H,2-10H2,1H3/t11-/m0/s1. The van der Waals surface area contributed by atoms with Crippen LogP contribution in [0.4, 0.5) is 0 Å². The maximum Gasteiger partial charge on any atom is 0.0774 e. The van der Waals surface area contributed by atoms with Crippen LogP contribution >= 0.6 is 0 Å². The molecule has 2 rings (SSSR count). The van der Waals surface area contributed by atoms with Gasteiger partial charge in [0, 0.05) is 32.2 Å². The highest BCUT2D eigenvalue weighted by molar-refractivity contribution is 4.88. The van der Waals surface area contributed by atoms with Gasteiger partial charge in [-0.05, 0) is 19.8 Å². The van der Waals surface area contributed by atoms with Gasteiger partial charge in [-0.2, -0.15) is 0 Å². The van der Waals surface area contributed by atoms with Crippen molar-refractivity contribution >= 4 is 0 Å². The zero-order valence-electron chi connectivity index (χ0n) is 9.84. The van der Waals surface area contributed by atoms with Crippen molar-refractivity contribution in [3.05, 3.63) is 0 Å². The van der Waals surface area contributed by atoms with Gasteiger partial charge in [0.05, 0.1) is 5.60 Å². The first-order valence-electron chi connectivity index (χ1n) is 6.37. The van der Waals surface area contributed by atoms with Crippen LogP contribution in [-0.2, 0) is 0 Å². The van der Waals surface area contributed by atoms with Crippen LogP contribution in [0.2, 0.25) is 0 Å². The van der Waals surface area contributed by atoms with Crippen LogP contribution in [0.3, 0.4) is 0 Å². The molecule has 1 aliphatic carbocycles. The summed E-state index contributed by atoms with van der Waals surface area (Å²) in [6.45, 7) is 6.36. The Labute approximate surface area is 92.8 Å². The minimum Gasteiger partial charge on any atom is -0.389 e. The monoisotopic (exact) mass is 212 g/mol. The molecule has 3 nitrogen and oxygen atoms in total. The van der Waals surface area contributed by atoms with Crippen LogP contribution in [-0.4, -0.2) is 47.8 Å². The summed E-state index contributed by atoms with van der Waals surface area (Å²) >= 11 is 0. The number of hydrogen-bond donors (Lipinski definition) is 2. The number of aliphatic hydroxyl groups is 1. The van der Waals surface area contributed by atoms with E-state index in [0.29, 0.717) is 6.04 Å². The Morgan fingerprint density at radius 3 is 2.73 bits per heavy atom. The summed E-state index contributed by atoms with van der Waals surface area (Å²) in [7, 11) is 0. The van der Waals surface area contributed by atoms with Crippen LogP contribution in [0.25, 0.3) is 0 Å². The Bertz CT molecular complexity index is 202. The maximum absolute atomic E-state index is 10.5. The predicted octanol–water partition coefficient (Wildman–Crippen LogP) is 0.975. The van der Waals surface area contributed by atoms with E-state index in [2.05, 4.69) is 17.1 Å². The van der Waals surface area contributed by atoms with Crippen molar-refractivity contribution in [2.75, 3.05) is 26.2 Å². The second-order valence-corrected chi connectivity index (χ2v) is 5.31. The molecule has 1 atom stereocenters. The molecule has 0 spiro atoms. The van der Waals surface area contributed by atoms with E-state index in [1.54, 1.807) is 0 Å². The zero-order chi connectivity index (χ0) is 10.7. The highest BCUT2D eigenvalue weighted by Crippen LogP contribution is 2.29. The van der Waals surface area contributed by atoms with Gasteiger partial charge in [0.2, 0.25) is 0 Å². The largest absolute Gasteiger partial charge is 0.389 e. The molecular formula is C12H24N2O. The first-order chi connectivity index (χ1) is 7.20. The molecule has 0 aromatic rings. The van der Waals surface area contributed by atoms with Crippen LogP contribution in [0.1, 0.15) is 39.0 Å². The fraction of sp³-hybridized carbons (Fsp3) is 1.00. The zero-order valence-corrected chi connectivity index (χ0v) is 9.84. The van der Waals surface area contributed by atoms with Crippen LogP contribution in [0, 0.1) is 0 Å². The average molecular weight is 212 g/mol. The van der Waals surface area contributed by atoms with Crippen molar-refractivity contribution in [2.24, 2.45) is 0 Å². The van der Waals surface area contributed by atoms with E-state index in [9.17, 15) is 5.11 Å². The van der Waals surface area contributed by atoms with Gasteiger partial charge in [-0.1, -0.05) is 19.3 Å². The Hall–Kier alpha value is -0.120. The van der Waals surface area contributed by atoms with Gasteiger partial charge < -0.3 is 10.4 Å². The summed E-state index contributed by atoms with van der Waals surface area (Å²) < 4.78 is 0. The van der Waals surface area contributed by atoms with Gasteiger partial charge in [0.15, 0.2) is 0 Å². The van der Waals surface area contributed by atoms with Crippen molar-refractivity contribution in [3.8, 4) is 0 Å². The van der Waals surface area contributed by atoms with E-state index in [0.717, 1.165) is 39.0 Å². The van der Waals surface area contributed by atoms with Crippen molar-refractivity contribution in [2.45, 2.75) is 50.7 Å². The Morgan fingerprint density at radius 2 is 2.07 bits per heavy atom. The summed E-state index contributed by atoms with van der Waals surface area (Å²) in [5.41, 5.74) is -0.385. The molecule has 0 unspecified atom stereocenters. The third-order valence-corrected chi connectivity index (χ3v) is 3.92. The minimum atomic E-state index is -0.385. The van der Waals surface area contributed by atoms with Crippen molar-refractivity contribution in [1.29, 1.82) is 0 Å². The van der Waals surface area contributed by atoms with Gasteiger partial charge in [-0.25, -0.2) is 0 Å². The smallest absolute Gasteiger partial charge is 0.0774 e. The fourth-order valence-corrected chi connectivity index (χ4v) is 2.86. The van der Waals surface area contributed by atoms with Gasteiger partial charge in [-0.15, -0.1) is 0 Å². The number of piperazine rings is 1. The Morgan fingerprint density at radius 1 is 1.33 bits per heavy atom. The summed E-state index contributed by atoms with van der Waals surface area (Å²) in [4.78, 5) is 2.45. The summed E-state index contributed by atoms with van der Waals surface area (Å²) in [5, 5.41) is 13.9. The Balaban J connectivity index is 1.88. The van der Waals surface area contributed by atoms with E-state index in [1.165, 1.54) is 19.3 Å². The number of rotatable bonds is 2. The molecule has 0 bridgehead atoms. The molecule has 1 saturated carbocycles. The topological polar surface area (TPSA) is 35.5 Å². The van der Waals surface area contributed by atoms with E-state index in [1.807, 2.05) is 0 Å². The highest BCUT2D eigenvalue weighted by atomic mass is 16.3. The summed E-state index contributed by atoms with van der Waals surface area (Å²) in [6, 6.07) is 0.574. The van der Waals surface area contributed by atoms with Crippen molar-refractivity contribution < 1.29 is 5.11 Å². The molecule has 0 aromatic heterocycles. The molecule has 0 aromatic carbocycles. The summed E-state index contributed by atoms with van der Waals surface area (Å²) in [6.07, 6.45) is 5.72. The molecule has 15 heavy (non-hydrogen) atoms. The lowest BCUT2D eigenvalue weighted by atomic mass is 9.84. The van der Waals surface area contributed by atoms with Gasteiger partial charge >= 0.3 is 0 Å². The normalized spacial score (nSPS) is 32.8.